The van der Waals surface area contributed by atoms with Gasteiger partial charge in [-0.2, -0.15) is 0 Å². The van der Waals surface area contributed by atoms with Crippen LogP contribution in [0.5, 0.6) is 5.88 Å². The zero-order chi connectivity index (χ0) is 14.0. The van der Waals surface area contributed by atoms with Gasteiger partial charge < -0.3 is 10.5 Å². The van der Waals surface area contributed by atoms with Gasteiger partial charge in [0.1, 0.15) is 6.10 Å². The van der Waals surface area contributed by atoms with Crippen molar-refractivity contribution < 1.29 is 4.74 Å². The van der Waals surface area contributed by atoms with E-state index in [0.717, 1.165) is 41.8 Å². The molecule has 3 atom stereocenters. The van der Waals surface area contributed by atoms with Crippen LogP contribution < -0.4 is 10.5 Å². The Morgan fingerprint density at radius 2 is 2.00 bits per heavy atom. The Hall–Kier alpha value is -1.09. The standard InChI is InChI=1S/C16H26N2O/c1-10-5-6-14(8-11(10)2)19-16-15(9-17)12(3)7-13(4)18-16/h7,10-11,14H,5-6,8-9,17H2,1-4H3. The summed E-state index contributed by atoms with van der Waals surface area (Å²) in [5, 5.41) is 0. The molecule has 3 nitrogen and oxygen atoms in total. The van der Waals surface area contributed by atoms with Crippen LogP contribution >= 0.6 is 0 Å². The van der Waals surface area contributed by atoms with Gasteiger partial charge in [-0.15, -0.1) is 0 Å². The van der Waals surface area contributed by atoms with Crippen LogP contribution in [0.3, 0.4) is 0 Å². The normalized spacial score (nSPS) is 27.3. The summed E-state index contributed by atoms with van der Waals surface area (Å²) < 4.78 is 6.17. The topological polar surface area (TPSA) is 48.1 Å². The summed E-state index contributed by atoms with van der Waals surface area (Å²) in [5.41, 5.74) is 9.07. The number of aryl methyl sites for hydroxylation is 2. The minimum absolute atomic E-state index is 0.296. The third-order valence-corrected chi connectivity index (χ3v) is 4.47. The molecular weight excluding hydrogens is 236 g/mol. The summed E-state index contributed by atoms with van der Waals surface area (Å²) in [6, 6.07) is 2.07. The number of ether oxygens (including phenoxy) is 1. The summed E-state index contributed by atoms with van der Waals surface area (Å²) in [4.78, 5) is 4.54. The second-order valence-electron chi connectivity index (χ2n) is 6.08. The van der Waals surface area contributed by atoms with E-state index in [2.05, 4.69) is 31.8 Å². The molecule has 19 heavy (non-hydrogen) atoms. The van der Waals surface area contributed by atoms with Crippen molar-refractivity contribution in [2.75, 3.05) is 0 Å². The minimum atomic E-state index is 0.296. The Balaban J connectivity index is 2.15. The Morgan fingerprint density at radius 3 is 2.63 bits per heavy atom. The summed E-state index contributed by atoms with van der Waals surface area (Å²) >= 11 is 0. The molecule has 106 valence electrons. The third-order valence-electron chi connectivity index (χ3n) is 4.47. The fourth-order valence-corrected chi connectivity index (χ4v) is 2.94. The summed E-state index contributed by atoms with van der Waals surface area (Å²) in [7, 11) is 0. The van der Waals surface area contributed by atoms with E-state index in [1.165, 1.54) is 12.0 Å². The van der Waals surface area contributed by atoms with Gasteiger partial charge in [-0.25, -0.2) is 4.98 Å². The van der Waals surface area contributed by atoms with E-state index in [0.29, 0.717) is 12.6 Å². The smallest absolute Gasteiger partial charge is 0.218 e. The summed E-state index contributed by atoms with van der Waals surface area (Å²) in [6.45, 7) is 9.23. The van der Waals surface area contributed by atoms with Crippen molar-refractivity contribution in [3.8, 4) is 5.88 Å². The first kappa shape index (κ1) is 14.3. The van der Waals surface area contributed by atoms with E-state index in [4.69, 9.17) is 10.5 Å². The molecule has 1 heterocycles. The van der Waals surface area contributed by atoms with E-state index in [1.807, 2.05) is 6.92 Å². The van der Waals surface area contributed by atoms with E-state index in [-0.39, 0.29) is 0 Å². The molecule has 0 aliphatic heterocycles. The Morgan fingerprint density at radius 1 is 1.26 bits per heavy atom. The van der Waals surface area contributed by atoms with Crippen molar-refractivity contribution in [1.82, 2.24) is 4.98 Å². The highest BCUT2D eigenvalue weighted by atomic mass is 16.5. The number of pyridine rings is 1. The van der Waals surface area contributed by atoms with Crippen molar-refractivity contribution in [2.24, 2.45) is 17.6 Å². The molecule has 3 unspecified atom stereocenters. The maximum absolute atomic E-state index is 6.17. The van der Waals surface area contributed by atoms with Gasteiger partial charge >= 0.3 is 0 Å². The van der Waals surface area contributed by atoms with Crippen LogP contribution in [0.1, 0.15) is 49.9 Å². The van der Waals surface area contributed by atoms with Crippen LogP contribution in [-0.2, 0) is 6.54 Å². The lowest BCUT2D eigenvalue weighted by Gasteiger charge is -2.32. The molecule has 3 heteroatoms. The third kappa shape index (κ3) is 3.27. The van der Waals surface area contributed by atoms with Gasteiger partial charge in [0.15, 0.2) is 0 Å². The Kier molecular flexibility index (Phi) is 4.46. The van der Waals surface area contributed by atoms with E-state index < -0.39 is 0 Å². The average molecular weight is 262 g/mol. The molecular formula is C16H26N2O. The summed E-state index contributed by atoms with van der Waals surface area (Å²) in [5.74, 6) is 2.29. The lowest BCUT2D eigenvalue weighted by atomic mass is 9.80. The molecule has 0 aromatic carbocycles. The van der Waals surface area contributed by atoms with Crippen molar-refractivity contribution in [2.45, 2.75) is 59.6 Å². The first-order valence-corrected chi connectivity index (χ1v) is 7.35. The molecule has 1 aliphatic carbocycles. The highest BCUT2D eigenvalue weighted by Gasteiger charge is 2.26. The molecule has 2 rings (SSSR count). The molecule has 0 spiro atoms. The molecule has 1 aromatic heterocycles. The first-order chi connectivity index (χ1) is 9.01. The van der Waals surface area contributed by atoms with E-state index in [1.54, 1.807) is 0 Å². The maximum Gasteiger partial charge on any atom is 0.218 e. The lowest BCUT2D eigenvalue weighted by molar-refractivity contribution is 0.0953. The monoisotopic (exact) mass is 262 g/mol. The van der Waals surface area contributed by atoms with Crippen LogP contribution in [0.15, 0.2) is 6.07 Å². The van der Waals surface area contributed by atoms with Gasteiger partial charge in [0.25, 0.3) is 0 Å². The lowest BCUT2D eigenvalue weighted by Crippen LogP contribution is -2.29. The van der Waals surface area contributed by atoms with Gasteiger partial charge in [-0.05, 0) is 56.6 Å². The zero-order valence-corrected chi connectivity index (χ0v) is 12.6. The van der Waals surface area contributed by atoms with Gasteiger partial charge in [-0.1, -0.05) is 13.8 Å². The minimum Gasteiger partial charge on any atom is -0.474 e. The van der Waals surface area contributed by atoms with Crippen molar-refractivity contribution in [3.63, 3.8) is 0 Å². The van der Waals surface area contributed by atoms with E-state index in [9.17, 15) is 0 Å². The molecule has 0 radical (unpaired) electrons. The number of hydrogen-bond acceptors (Lipinski definition) is 3. The fourth-order valence-electron chi connectivity index (χ4n) is 2.94. The SMILES string of the molecule is Cc1cc(C)c(CN)c(OC2CCC(C)C(C)C2)n1. The van der Waals surface area contributed by atoms with Gasteiger partial charge in [0.05, 0.1) is 0 Å². The highest BCUT2D eigenvalue weighted by Crippen LogP contribution is 2.32. The number of hydrogen-bond donors (Lipinski definition) is 1. The Bertz CT molecular complexity index is 445. The predicted octanol–water partition coefficient (Wildman–Crippen LogP) is 3.36. The molecule has 1 fully saturated rings. The van der Waals surface area contributed by atoms with Crippen LogP contribution in [0.4, 0.5) is 0 Å². The van der Waals surface area contributed by atoms with Crippen molar-refractivity contribution in [1.29, 1.82) is 0 Å². The second kappa shape index (κ2) is 5.91. The van der Waals surface area contributed by atoms with Crippen LogP contribution in [0, 0.1) is 25.7 Å². The molecule has 2 N–H and O–H groups in total. The van der Waals surface area contributed by atoms with Crippen molar-refractivity contribution in [3.05, 3.63) is 22.9 Å². The predicted molar refractivity (Wildman–Crippen MR) is 78.2 cm³/mol. The Labute approximate surface area is 116 Å². The van der Waals surface area contributed by atoms with Crippen LogP contribution in [-0.4, -0.2) is 11.1 Å². The quantitative estimate of drug-likeness (QED) is 0.908. The maximum atomic E-state index is 6.17. The molecule has 0 bridgehead atoms. The molecule has 1 saturated carbocycles. The number of nitrogens with two attached hydrogens (primary N) is 1. The largest absolute Gasteiger partial charge is 0.474 e. The number of aromatic nitrogens is 1. The van der Waals surface area contributed by atoms with Gasteiger partial charge in [0.2, 0.25) is 5.88 Å². The number of nitrogens with zero attached hydrogens (tertiary/aromatic N) is 1. The zero-order valence-electron chi connectivity index (χ0n) is 12.6. The second-order valence-corrected chi connectivity index (χ2v) is 6.08. The fraction of sp³-hybridized carbons (Fsp3) is 0.688. The summed E-state index contributed by atoms with van der Waals surface area (Å²) in [6.07, 6.45) is 3.80. The average Bonchev–Trinajstić information content (AvgIpc) is 2.33. The van der Waals surface area contributed by atoms with Crippen molar-refractivity contribution >= 4 is 0 Å². The van der Waals surface area contributed by atoms with Gasteiger partial charge in [-0.3, -0.25) is 0 Å². The molecule has 1 aromatic rings. The molecule has 0 amide bonds. The van der Waals surface area contributed by atoms with Crippen LogP contribution in [0.2, 0.25) is 0 Å². The first-order valence-electron chi connectivity index (χ1n) is 7.35. The van der Waals surface area contributed by atoms with Gasteiger partial charge in [0, 0.05) is 17.8 Å². The van der Waals surface area contributed by atoms with Crippen LogP contribution in [0.25, 0.3) is 0 Å². The molecule has 1 aliphatic rings. The van der Waals surface area contributed by atoms with E-state index >= 15 is 0 Å². The highest BCUT2D eigenvalue weighted by molar-refractivity contribution is 5.35. The number of rotatable bonds is 3. The molecule has 0 saturated heterocycles.